The van der Waals surface area contributed by atoms with Crippen molar-refractivity contribution in [1.29, 1.82) is 5.26 Å². The fourth-order valence-electron chi connectivity index (χ4n) is 3.67. The van der Waals surface area contributed by atoms with Gasteiger partial charge in [0.25, 0.3) is 5.91 Å². The Morgan fingerprint density at radius 1 is 1.29 bits per heavy atom. The molecule has 1 aromatic carbocycles. The van der Waals surface area contributed by atoms with E-state index in [1.54, 1.807) is 26.3 Å². The van der Waals surface area contributed by atoms with E-state index in [1.807, 2.05) is 6.07 Å². The van der Waals surface area contributed by atoms with Gasteiger partial charge in [-0.3, -0.25) is 9.59 Å². The lowest BCUT2D eigenvalue weighted by Gasteiger charge is -2.38. The topological polar surface area (TPSA) is 92.8 Å². The molecule has 2 aromatic rings. The number of furan rings is 1. The lowest BCUT2D eigenvalue weighted by atomic mass is 9.81. The van der Waals surface area contributed by atoms with Gasteiger partial charge in [0.1, 0.15) is 16.9 Å². The Bertz CT molecular complexity index is 905. The first-order valence-electron chi connectivity index (χ1n) is 9.37. The van der Waals surface area contributed by atoms with Crippen LogP contribution in [0.5, 0.6) is 5.75 Å². The summed E-state index contributed by atoms with van der Waals surface area (Å²) in [6.07, 6.45) is 5.73. The monoisotopic (exact) mass is 384 g/mol. The van der Waals surface area contributed by atoms with Gasteiger partial charge in [0.05, 0.1) is 25.9 Å². The number of ether oxygens (including phenoxy) is 2. The van der Waals surface area contributed by atoms with Crippen molar-refractivity contribution in [3.63, 3.8) is 0 Å². The highest BCUT2D eigenvalue weighted by Crippen LogP contribution is 2.32. The van der Waals surface area contributed by atoms with E-state index in [4.69, 9.17) is 13.9 Å². The van der Waals surface area contributed by atoms with Crippen molar-refractivity contribution in [2.45, 2.75) is 44.1 Å². The van der Waals surface area contributed by atoms with Crippen LogP contribution in [-0.4, -0.2) is 43.1 Å². The highest BCUT2D eigenvalue weighted by atomic mass is 16.5. The van der Waals surface area contributed by atoms with Gasteiger partial charge in [-0.1, -0.05) is 19.3 Å². The van der Waals surface area contributed by atoms with Gasteiger partial charge < -0.3 is 18.8 Å². The second-order valence-electron chi connectivity index (χ2n) is 7.12. The van der Waals surface area contributed by atoms with E-state index in [2.05, 4.69) is 6.07 Å². The van der Waals surface area contributed by atoms with Crippen LogP contribution in [0.1, 0.15) is 37.7 Å². The first kappa shape index (κ1) is 19.7. The molecule has 1 amide bonds. The Kier molecular flexibility index (Phi) is 5.88. The van der Waals surface area contributed by atoms with E-state index < -0.39 is 11.5 Å². The van der Waals surface area contributed by atoms with Crippen LogP contribution in [0.25, 0.3) is 11.0 Å². The fraction of sp³-hybridized carbons (Fsp3) is 0.476. The Balaban J connectivity index is 1.58. The van der Waals surface area contributed by atoms with Crippen LogP contribution in [0.2, 0.25) is 0 Å². The molecular weight excluding hydrogens is 360 g/mol. The zero-order valence-electron chi connectivity index (χ0n) is 16.2. The third-order valence-electron chi connectivity index (χ3n) is 5.46. The highest BCUT2D eigenvalue weighted by molar-refractivity contribution is 5.87. The van der Waals surface area contributed by atoms with Crippen LogP contribution in [0, 0.1) is 11.3 Å². The average molecular weight is 384 g/mol. The molecule has 1 fully saturated rings. The molecule has 1 aromatic heterocycles. The molecule has 0 aliphatic heterocycles. The molecule has 0 spiro atoms. The van der Waals surface area contributed by atoms with Crippen LogP contribution < -0.4 is 4.74 Å². The highest BCUT2D eigenvalue weighted by Gasteiger charge is 2.39. The normalized spacial score (nSPS) is 15.6. The number of benzene rings is 1. The van der Waals surface area contributed by atoms with Gasteiger partial charge in [0, 0.05) is 24.1 Å². The third kappa shape index (κ3) is 3.96. The Labute approximate surface area is 163 Å². The average Bonchev–Trinajstić information content (AvgIpc) is 3.13. The molecule has 0 bridgehead atoms. The quantitative estimate of drug-likeness (QED) is 0.710. The van der Waals surface area contributed by atoms with Gasteiger partial charge in [-0.2, -0.15) is 5.26 Å². The smallest absolute Gasteiger partial charge is 0.310 e. The molecule has 148 valence electrons. The Hall–Kier alpha value is -3.01. The van der Waals surface area contributed by atoms with Crippen LogP contribution in [0.4, 0.5) is 0 Å². The van der Waals surface area contributed by atoms with Crippen LogP contribution in [0.3, 0.4) is 0 Å². The number of nitriles is 1. The molecular formula is C21H24N2O5. The van der Waals surface area contributed by atoms with Crippen molar-refractivity contribution >= 4 is 22.8 Å². The number of hydrogen-bond acceptors (Lipinski definition) is 6. The van der Waals surface area contributed by atoms with E-state index in [-0.39, 0.29) is 18.9 Å². The van der Waals surface area contributed by atoms with Gasteiger partial charge in [-0.25, -0.2) is 0 Å². The molecule has 0 atom stereocenters. The van der Waals surface area contributed by atoms with Crippen molar-refractivity contribution in [3.8, 4) is 11.8 Å². The van der Waals surface area contributed by atoms with Crippen molar-refractivity contribution < 1.29 is 23.5 Å². The van der Waals surface area contributed by atoms with Crippen LogP contribution in [0.15, 0.2) is 28.9 Å². The van der Waals surface area contributed by atoms with Crippen LogP contribution >= 0.6 is 0 Å². The van der Waals surface area contributed by atoms with Gasteiger partial charge in [0.2, 0.25) is 0 Å². The van der Waals surface area contributed by atoms with Crippen molar-refractivity contribution in [2.24, 2.45) is 0 Å². The summed E-state index contributed by atoms with van der Waals surface area (Å²) in [6.45, 7) is -0.373. The van der Waals surface area contributed by atoms with Gasteiger partial charge >= 0.3 is 5.97 Å². The summed E-state index contributed by atoms with van der Waals surface area (Å²) in [5.41, 5.74) is 0.511. The van der Waals surface area contributed by atoms with Crippen LogP contribution in [-0.2, 0) is 20.7 Å². The predicted octanol–water partition coefficient (Wildman–Crippen LogP) is 3.21. The van der Waals surface area contributed by atoms with Crippen molar-refractivity contribution in [3.05, 3.63) is 30.0 Å². The molecule has 28 heavy (non-hydrogen) atoms. The zero-order chi connectivity index (χ0) is 20.1. The lowest BCUT2D eigenvalue weighted by molar-refractivity contribution is -0.153. The number of hydrogen-bond donors (Lipinski definition) is 0. The second-order valence-corrected chi connectivity index (χ2v) is 7.12. The molecule has 1 heterocycles. The number of nitrogens with zero attached hydrogens (tertiary/aromatic N) is 2. The molecule has 0 saturated heterocycles. The maximum atomic E-state index is 12.5. The number of carbonyl (C=O) groups is 2. The first-order valence-corrected chi connectivity index (χ1v) is 9.37. The molecule has 0 unspecified atom stereocenters. The molecule has 0 radical (unpaired) electrons. The summed E-state index contributed by atoms with van der Waals surface area (Å²) >= 11 is 0. The number of amides is 1. The fourth-order valence-corrected chi connectivity index (χ4v) is 3.67. The largest absolute Gasteiger partial charge is 0.497 e. The molecule has 3 rings (SSSR count). The summed E-state index contributed by atoms with van der Waals surface area (Å²) in [7, 11) is 3.18. The summed E-state index contributed by atoms with van der Waals surface area (Å²) in [5.74, 6) is -0.216. The summed E-state index contributed by atoms with van der Waals surface area (Å²) in [4.78, 5) is 26.1. The van der Waals surface area contributed by atoms with E-state index in [0.717, 1.165) is 24.6 Å². The number of methoxy groups -OCH3 is 1. The maximum absolute atomic E-state index is 12.5. The molecule has 1 saturated carbocycles. The number of fused-ring (bicyclic) bond motifs is 1. The van der Waals surface area contributed by atoms with E-state index in [0.29, 0.717) is 29.7 Å². The standard InChI is InChI=1S/C21H24N2O5/c1-23(21(14-22)8-4-3-5-9-21)19(24)13-28-20(25)10-15-12-27-18-11-16(26-2)6-7-17(15)18/h6-7,11-12H,3-5,8-10,13H2,1-2H3. The van der Waals surface area contributed by atoms with Gasteiger partial charge in [0.15, 0.2) is 6.61 Å². The minimum Gasteiger partial charge on any atom is -0.497 e. The van der Waals surface area contributed by atoms with Crippen molar-refractivity contribution in [1.82, 2.24) is 4.90 Å². The number of rotatable bonds is 6. The van der Waals surface area contributed by atoms with E-state index in [9.17, 15) is 14.9 Å². The molecule has 7 heteroatoms. The van der Waals surface area contributed by atoms with E-state index >= 15 is 0 Å². The molecule has 0 N–H and O–H groups in total. The summed E-state index contributed by atoms with van der Waals surface area (Å²) in [6, 6.07) is 7.64. The van der Waals surface area contributed by atoms with Crippen molar-refractivity contribution in [2.75, 3.05) is 20.8 Å². The molecule has 1 aliphatic carbocycles. The molecule has 7 nitrogen and oxygen atoms in total. The number of carbonyl (C=O) groups excluding carboxylic acids is 2. The lowest BCUT2D eigenvalue weighted by Crippen LogP contribution is -2.51. The second kappa shape index (κ2) is 8.34. The predicted molar refractivity (Wildman–Crippen MR) is 102 cm³/mol. The zero-order valence-corrected chi connectivity index (χ0v) is 16.2. The number of likely N-dealkylation sites (N-methyl/N-ethyl adjacent to an activating group) is 1. The van der Waals surface area contributed by atoms with E-state index in [1.165, 1.54) is 11.2 Å². The first-order chi connectivity index (χ1) is 13.5. The maximum Gasteiger partial charge on any atom is 0.310 e. The summed E-state index contributed by atoms with van der Waals surface area (Å²) < 4.78 is 15.8. The van der Waals surface area contributed by atoms with Gasteiger partial charge in [-0.15, -0.1) is 0 Å². The Morgan fingerprint density at radius 2 is 2.04 bits per heavy atom. The third-order valence-corrected chi connectivity index (χ3v) is 5.46. The molecule has 1 aliphatic rings. The SMILES string of the molecule is COc1ccc2c(CC(=O)OCC(=O)N(C)C3(C#N)CCCCC3)coc2c1. The Morgan fingerprint density at radius 3 is 2.71 bits per heavy atom. The minimum absolute atomic E-state index is 0.000282. The minimum atomic E-state index is -0.790. The summed E-state index contributed by atoms with van der Waals surface area (Å²) in [5, 5.41) is 10.4. The number of esters is 1. The van der Waals surface area contributed by atoms with Gasteiger partial charge in [-0.05, 0) is 25.0 Å².